The van der Waals surface area contributed by atoms with Crippen LogP contribution in [-0.2, 0) is 4.79 Å². The highest BCUT2D eigenvalue weighted by molar-refractivity contribution is 5.91. The Hall–Kier alpha value is -1.09. The Balaban J connectivity index is 2.45. The van der Waals surface area contributed by atoms with E-state index in [1.807, 2.05) is 6.08 Å². The Morgan fingerprint density at radius 1 is 1.69 bits per heavy atom. The summed E-state index contributed by atoms with van der Waals surface area (Å²) in [6.45, 7) is 4.20. The first-order valence-corrected chi connectivity index (χ1v) is 4.46. The van der Waals surface area contributed by atoms with E-state index < -0.39 is 6.23 Å². The maximum absolute atomic E-state index is 11.1. The van der Waals surface area contributed by atoms with E-state index in [4.69, 9.17) is 0 Å². The molecule has 1 rings (SSSR count). The number of allylic oxidation sites excluding steroid dienone is 1. The summed E-state index contributed by atoms with van der Waals surface area (Å²) in [5.41, 5.74) is 0. The number of nitrogens with zero attached hydrogens (tertiary/aromatic N) is 1. The van der Waals surface area contributed by atoms with Gasteiger partial charge in [-0.1, -0.05) is 19.9 Å². The second kappa shape index (κ2) is 4.23. The van der Waals surface area contributed by atoms with Crippen LogP contribution < -0.4 is 0 Å². The van der Waals surface area contributed by atoms with E-state index in [1.165, 1.54) is 17.1 Å². The van der Waals surface area contributed by atoms with Crippen molar-refractivity contribution >= 4 is 5.91 Å². The summed E-state index contributed by atoms with van der Waals surface area (Å²) in [5.74, 6) is 0.409. The number of rotatable bonds is 3. The first-order valence-electron chi connectivity index (χ1n) is 4.46. The molecular weight excluding hydrogens is 166 g/mol. The average molecular weight is 181 g/mol. The summed E-state index contributed by atoms with van der Waals surface area (Å²) >= 11 is 0. The highest BCUT2D eigenvalue weighted by Crippen LogP contribution is 2.10. The van der Waals surface area contributed by atoms with Crippen molar-refractivity contribution in [1.29, 1.82) is 0 Å². The second-order valence-corrected chi connectivity index (χ2v) is 3.53. The summed E-state index contributed by atoms with van der Waals surface area (Å²) < 4.78 is 0. The number of hydrogen-bond acceptors (Lipinski definition) is 2. The predicted molar refractivity (Wildman–Crippen MR) is 50.6 cm³/mol. The monoisotopic (exact) mass is 181 g/mol. The lowest BCUT2D eigenvalue weighted by molar-refractivity contribution is -0.127. The highest BCUT2D eigenvalue weighted by atomic mass is 16.3. The maximum Gasteiger partial charge on any atom is 0.252 e. The summed E-state index contributed by atoms with van der Waals surface area (Å²) in [5, 5.41) is 9.29. The van der Waals surface area contributed by atoms with Crippen molar-refractivity contribution in [2.75, 3.05) is 0 Å². The van der Waals surface area contributed by atoms with Crippen LogP contribution in [0.15, 0.2) is 24.4 Å². The molecule has 1 aliphatic heterocycles. The van der Waals surface area contributed by atoms with Gasteiger partial charge < -0.3 is 5.11 Å². The van der Waals surface area contributed by atoms with Crippen LogP contribution in [0.25, 0.3) is 0 Å². The molecular formula is C10H15NO2. The number of amides is 1. The predicted octanol–water partition coefficient (Wildman–Crippen LogP) is 1.26. The van der Waals surface area contributed by atoms with E-state index in [-0.39, 0.29) is 5.91 Å². The molecule has 1 aliphatic rings. The molecule has 1 heterocycles. The summed E-state index contributed by atoms with van der Waals surface area (Å²) in [7, 11) is 0. The third kappa shape index (κ3) is 2.70. The van der Waals surface area contributed by atoms with Crippen LogP contribution in [0.1, 0.15) is 20.3 Å². The molecule has 0 fully saturated rings. The topological polar surface area (TPSA) is 40.5 Å². The molecule has 72 valence electrons. The lowest BCUT2D eigenvalue weighted by Gasteiger charge is -2.14. The maximum atomic E-state index is 11.1. The van der Waals surface area contributed by atoms with Crippen LogP contribution in [-0.4, -0.2) is 22.1 Å². The second-order valence-electron chi connectivity index (χ2n) is 3.53. The van der Waals surface area contributed by atoms with E-state index in [1.54, 1.807) is 6.20 Å². The standard InChI is InChI=1S/C10H15NO2/c1-8(2)4-3-7-11-9(12)5-6-10(11)13/h3,5-9,12H,4H2,1-2H3/b7-3-. The third-order valence-electron chi connectivity index (χ3n) is 1.82. The summed E-state index contributed by atoms with van der Waals surface area (Å²) in [4.78, 5) is 12.4. The van der Waals surface area contributed by atoms with Gasteiger partial charge in [0.1, 0.15) is 0 Å². The Bertz CT molecular complexity index is 243. The van der Waals surface area contributed by atoms with Crippen molar-refractivity contribution in [3.05, 3.63) is 24.4 Å². The first-order chi connectivity index (χ1) is 6.11. The normalized spacial score (nSPS) is 22.6. The van der Waals surface area contributed by atoms with Gasteiger partial charge >= 0.3 is 0 Å². The molecule has 0 bridgehead atoms. The molecule has 3 nitrogen and oxygen atoms in total. The smallest absolute Gasteiger partial charge is 0.252 e. The Morgan fingerprint density at radius 2 is 2.38 bits per heavy atom. The minimum absolute atomic E-state index is 0.160. The zero-order valence-corrected chi connectivity index (χ0v) is 7.97. The SMILES string of the molecule is CC(C)C/C=C\N1C(=O)C=CC1O. The molecule has 3 heteroatoms. The van der Waals surface area contributed by atoms with E-state index in [0.717, 1.165) is 6.42 Å². The molecule has 1 unspecified atom stereocenters. The number of carbonyl (C=O) groups excluding carboxylic acids is 1. The van der Waals surface area contributed by atoms with Crippen molar-refractivity contribution in [2.24, 2.45) is 5.92 Å². The van der Waals surface area contributed by atoms with Crippen molar-refractivity contribution in [3.8, 4) is 0 Å². The van der Waals surface area contributed by atoms with Gasteiger partial charge in [0.2, 0.25) is 0 Å². The number of aliphatic hydroxyl groups excluding tert-OH is 1. The Labute approximate surface area is 78.4 Å². The summed E-state index contributed by atoms with van der Waals surface area (Å²) in [6, 6.07) is 0. The van der Waals surface area contributed by atoms with Gasteiger partial charge in [-0.25, -0.2) is 0 Å². The fraction of sp³-hybridized carbons (Fsp3) is 0.500. The van der Waals surface area contributed by atoms with Gasteiger partial charge in [0, 0.05) is 12.3 Å². The van der Waals surface area contributed by atoms with Gasteiger partial charge in [-0.05, 0) is 18.4 Å². The van der Waals surface area contributed by atoms with Gasteiger partial charge in [0.05, 0.1) is 0 Å². The molecule has 1 N–H and O–H groups in total. The van der Waals surface area contributed by atoms with Crippen molar-refractivity contribution in [1.82, 2.24) is 4.90 Å². The lowest BCUT2D eigenvalue weighted by Crippen LogP contribution is -2.28. The van der Waals surface area contributed by atoms with Gasteiger partial charge in [-0.2, -0.15) is 0 Å². The molecule has 0 aromatic carbocycles. The van der Waals surface area contributed by atoms with Crippen LogP contribution in [0.2, 0.25) is 0 Å². The Kier molecular flexibility index (Phi) is 3.25. The minimum atomic E-state index is -0.782. The number of carbonyl (C=O) groups is 1. The van der Waals surface area contributed by atoms with E-state index in [0.29, 0.717) is 5.92 Å². The first kappa shape index (κ1) is 9.99. The van der Waals surface area contributed by atoms with E-state index in [9.17, 15) is 9.90 Å². The van der Waals surface area contributed by atoms with Crippen molar-refractivity contribution in [3.63, 3.8) is 0 Å². The van der Waals surface area contributed by atoms with Crippen LogP contribution >= 0.6 is 0 Å². The Morgan fingerprint density at radius 3 is 2.85 bits per heavy atom. The zero-order chi connectivity index (χ0) is 9.84. The molecule has 0 aliphatic carbocycles. The molecule has 0 aromatic rings. The summed E-state index contributed by atoms with van der Waals surface area (Å²) in [6.07, 6.45) is 6.53. The quantitative estimate of drug-likeness (QED) is 0.712. The molecule has 0 spiro atoms. The lowest BCUT2D eigenvalue weighted by atomic mass is 10.1. The number of aliphatic hydroxyl groups is 1. The molecule has 0 aromatic heterocycles. The molecule has 13 heavy (non-hydrogen) atoms. The third-order valence-corrected chi connectivity index (χ3v) is 1.82. The van der Waals surface area contributed by atoms with Crippen LogP contribution in [0.4, 0.5) is 0 Å². The van der Waals surface area contributed by atoms with E-state index in [2.05, 4.69) is 13.8 Å². The number of hydrogen-bond donors (Lipinski definition) is 1. The highest BCUT2D eigenvalue weighted by Gasteiger charge is 2.20. The molecule has 0 saturated heterocycles. The van der Waals surface area contributed by atoms with Gasteiger partial charge in [0.15, 0.2) is 6.23 Å². The fourth-order valence-corrected chi connectivity index (χ4v) is 1.09. The molecule has 1 amide bonds. The minimum Gasteiger partial charge on any atom is -0.369 e. The van der Waals surface area contributed by atoms with Crippen molar-refractivity contribution in [2.45, 2.75) is 26.5 Å². The van der Waals surface area contributed by atoms with Crippen molar-refractivity contribution < 1.29 is 9.90 Å². The average Bonchev–Trinajstić information content (AvgIpc) is 2.34. The van der Waals surface area contributed by atoms with Crippen LogP contribution in [0.5, 0.6) is 0 Å². The van der Waals surface area contributed by atoms with E-state index >= 15 is 0 Å². The van der Waals surface area contributed by atoms with Crippen LogP contribution in [0.3, 0.4) is 0 Å². The van der Waals surface area contributed by atoms with Gasteiger partial charge in [-0.3, -0.25) is 9.69 Å². The fourth-order valence-electron chi connectivity index (χ4n) is 1.09. The van der Waals surface area contributed by atoms with Gasteiger partial charge in [0.25, 0.3) is 5.91 Å². The largest absolute Gasteiger partial charge is 0.369 e. The van der Waals surface area contributed by atoms with Gasteiger partial charge in [-0.15, -0.1) is 0 Å². The zero-order valence-electron chi connectivity index (χ0n) is 7.97. The molecule has 0 radical (unpaired) electrons. The van der Waals surface area contributed by atoms with Crippen LogP contribution in [0, 0.1) is 5.92 Å². The molecule has 0 saturated carbocycles. The molecule has 1 atom stereocenters.